The molecule has 0 bridgehead atoms. The van der Waals surface area contributed by atoms with Gasteiger partial charge in [-0.25, -0.2) is 0 Å². The molecule has 1 fully saturated rings. The highest BCUT2D eigenvalue weighted by Gasteiger charge is 2.39. The van der Waals surface area contributed by atoms with Crippen LogP contribution in [0.1, 0.15) is 29.3 Å². The van der Waals surface area contributed by atoms with E-state index in [1.165, 1.54) is 23.1 Å². The van der Waals surface area contributed by atoms with E-state index in [0.29, 0.717) is 26.1 Å². The first-order valence-electron chi connectivity index (χ1n) is 6.42. The van der Waals surface area contributed by atoms with Crippen LogP contribution in [0.4, 0.5) is 13.2 Å². The van der Waals surface area contributed by atoms with E-state index in [1.54, 1.807) is 0 Å². The molecule has 0 aliphatic carbocycles. The summed E-state index contributed by atoms with van der Waals surface area (Å²) in [5.41, 5.74) is 4.27. The van der Waals surface area contributed by atoms with Crippen molar-refractivity contribution in [2.45, 2.75) is 19.5 Å². The average Bonchev–Trinajstić information content (AvgIpc) is 2.80. The lowest BCUT2D eigenvalue weighted by molar-refractivity contribution is -0.138. The summed E-state index contributed by atoms with van der Waals surface area (Å²) < 4.78 is 38.8. The third-order valence-electron chi connectivity index (χ3n) is 3.80. The van der Waals surface area contributed by atoms with Crippen molar-refractivity contribution in [2.24, 2.45) is 11.1 Å². The van der Waals surface area contributed by atoms with E-state index in [2.05, 4.69) is 0 Å². The van der Waals surface area contributed by atoms with Crippen LogP contribution in [-0.2, 0) is 6.18 Å². The van der Waals surface area contributed by atoms with E-state index in [0.717, 1.165) is 6.07 Å². The third-order valence-corrected chi connectivity index (χ3v) is 3.80. The number of rotatable bonds is 2. The van der Waals surface area contributed by atoms with Crippen molar-refractivity contribution >= 4 is 18.3 Å². The molecule has 1 aliphatic rings. The number of hydrogen-bond donors (Lipinski definition) is 1. The van der Waals surface area contributed by atoms with Gasteiger partial charge in [0, 0.05) is 13.1 Å². The highest BCUT2D eigenvalue weighted by Crippen LogP contribution is 2.34. The molecule has 1 aromatic rings. The molecule has 1 aliphatic heterocycles. The number of carbonyl (C=O) groups excluding carboxylic acids is 1. The Morgan fingerprint density at radius 1 is 1.38 bits per heavy atom. The predicted octanol–water partition coefficient (Wildman–Crippen LogP) is 2.94. The first kappa shape index (κ1) is 17.8. The van der Waals surface area contributed by atoms with Gasteiger partial charge >= 0.3 is 6.18 Å². The molecular weight excluding hydrogens is 305 g/mol. The Morgan fingerprint density at radius 3 is 2.52 bits per heavy atom. The molecule has 2 N–H and O–H groups in total. The fourth-order valence-electron chi connectivity index (χ4n) is 2.45. The van der Waals surface area contributed by atoms with Crippen molar-refractivity contribution in [1.29, 1.82) is 0 Å². The van der Waals surface area contributed by atoms with Crippen LogP contribution in [0.15, 0.2) is 24.3 Å². The molecule has 2 rings (SSSR count). The van der Waals surface area contributed by atoms with E-state index in [4.69, 9.17) is 5.73 Å². The molecule has 1 unspecified atom stereocenters. The first-order valence-corrected chi connectivity index (χ1v) is 6.42. The topological polar surface area (TPSA) is 46.3 Å². The zero-order valence-electron chi connectivity index (χ0n) is 11.6. The van der Waals surface area contributed by atoms with Gasteiger partial charge in [-0.1, -0.05) is 19.1 Å². The second-order valence-electron chi connectivity index (χ2n) is 5.53. The van der Waals surface area contributed by atoms with Gasteiger partial charge in [-0.3, -0.25) is 4.79 Å². The SMILES string of the molecule is CC1(CN)CCN(C(=O)c2ccccc2C(F)(F)F)C1.Cl. The Hall–Kier alpha value is -1.27. The van der Waals surface area contributed by atoms with Crippen molar-refractivity contribution in [2.75, 3.05) is 19.6 Å². The molecule has 1 aromatic carbocycles. The number of nitrogens with two attached hydrogens (primary N) is 1. The standard InChI is InChI=1S/C14H17F3N2O.ClH/c1-13(8-18)6-7-19(9-13)12(20)10-4-2-3-5-11(10)14(15,16)17;/h2-5H,6-9,18H2,1H3;1H. The lowest BCUT2D eigenvalue weighted by Crippen LogP contribution is -2.35. The largest absolute Gasteiger partial charge is 0.417 e. The number of hydrogen-bond acceptors (Lipinski definition) is 2. The van der Waals surface area contributed by atoms with Gasteiger partial charge in [0.05, 0.1) is 11.1 Å². The first-order chi connectivity index (χ1) is 9.27. The zero-order valence-corrected chi connectivity index (χ0v) is 12.4. The number of benzene rings is 1. The van der Waals surface area contributed by atoms with E-state index in [9.17, 15) is 18.0 Å². The number of alkyl halides is 3. The van der Waals surface area contributed by atoms with Crippen molar-refractivity contribution in [1.82, 2.24) is 4.90 Å². The summed E-state index contributed by atoms with van der Waals surface area (Å²) in [5, 5.41) is 0. The maximum Gasteiger partial charge on any atom is 0.417 e. The Labute approximate surface area is 127 Å². The van der Waals surface area contributed by atoms with E-state index in [1.807, 2.05) is 6.92 Å². The molecule has 0 aromatic heterocycles. The Morgan fingerprint density at radius 2 is 2.00 bits per heavy atom. The number of halogens is 4. The Kier molecular flexibility index (Phi) is 5.28. The lowest BCUT2D eigenvalue weighted by Gasteiger charge is -2.23. The second kappa shape index (κ2) is 6.23. The molecule has 21 heavy (non-hydrogen) atoms. The summed E-state index contributed by atoms with van der Waals surface area (Å²) in [5.74, 6) is -0.574. The zero-order chi connectivity index (χ0) is 15.0. The van der Waals surface area contributed by atoms with Crippen molar-refractivity contribution < 1.29 is 18.0 Å². The second-order valence-corrected chi connectivity index (χ2v) is 5.53. The quantitative estimate of drug-likeness (QED) is 0.910. The molecule has 0 radical (unpaired) electrons. The molecule has 0 spiro atoms. The van der Waals surface area contributed by atoms with Crippen molar-refractivity contribution in [3.05, 3.63) is 35.4 Å². The summed E-state index contributed by atoms with van der Waals surface area (Å²) in [7, 11) is 0. The number of carbonyl (C=O) groups is 1. The Balaban J connectivity index is 0.00000220. The minimum atomic E-state index is -4.52. The van der Waals surface area contributed by atoms with Crippen LogP contribution in [-0.4, -0.2) is 30.4 Å². The highest BCUT2D eigenvalue weighted by molar-refractivity contribution is 5.96. The summed E-state index contributed by atoms with van der Waals surface area (Å²) >= 11 is 0. The maximum atomic E-state index is 12.9. The smallest absolute Gasteiger partial charge is 0.338 e. The fraction of sp³-hybridized carbons (Fsp3) is 0.500. The van der Waals surface area contributed by atoms with E-state index < -0.39 is 17.6 Å². The molecule has 7 heteroatoms. The highest BCUT2D eigenvalue weighted by atomic mass is 35.5. The minimum Gasteiger partial charge on any atom is -0.338 e. The summed E-state index contributed by atoms with van der Waals surface area (Å²) in [4.78, 5) is 13.8. The number of likely N-dealkylation sites (tertiary alicyclic amines) is 1. The molecule has 118 valence electrons. The van der Waals surface area contributed by atoms with E-state index in [-0.39, 0.29) is 23.4 Å². The number of nitrogens with zero attached hydrogens (tertiary/aromatic N) is 1. The van der Waals surface area contributed by atoms with E-state index >= 15 is 0 Å². The normalized spacial score (nSPS) is 22.0. The third kappa shape index (κ3) is 3.68. The fourth-order valence-corrected chi connectivity index (χ4v) is 2.45. The van der Waals surface area contributed by atoms with Crippen LogP contribution in [0.5, 0.6) is 0 Å². The van der Waals surface area contributed by atoms with Gasteiger partial charge in [-0.05, 0) is 30.5 Å². The summed E-state index contributed by atoms with van der Waals surface area (Å²) in [6.07, 6.45) is -3.81. The van der Waals surface area contributed by atoms with Gasteiger partial charge < -0.3 is 10.6 Å². The van der Waals surface area contributed by atoms with Crippen molar-refractivity contribution in [3.63, 3.8) is 0 Å². The molecule has 1 atom stereocenters. The van der Waals surface area contributed by atoms with Gasteiger partial charge in [0.15, 0.2) is 0 Å². The van der Waals surface area contributed by atoms with Gasteiger partial charge in [0.25, 0.3) is 5.91 Å². The molecule has 0 saturated carbocycles. The molecule has 1 heterocycles. The van der Waals surface area contributed by atoms with Crippen LogP contribution in [0.3, 0.4) is 0 Å². The van der Waals surface area contributed by atoms with Crippen molar-refractivity contribution in [3.8, 4) is 0 Å². The van der Waals surface area contributed by atoms with Crippen LogP contribution < -0.4 is 5.73 Å². The summed E-state index contributed by atoms with van der Waals surface area (Å²) in [6.45, 7) is 3.20. The van der Waals surface area contributed by atoms with Crippen LogP contribution in [0.25, 0.3) is 0 Å². The molecule has 3 nitrogen and oxygen atoms in total. The predicted molar refractivity (Wildman–Crippen MR) is 76.4 cm³/mol. The van der Waals surface area contributed by atoms with Gasteiger partial charge in [-0.15, -0.1) is 12.4 Å². The van der Waals surface area contributed by atoms with Gasteiger partial charge in [0.1, 0.15) is 0 Å². The monoisotopic (exact) mass is 322 g/mol. The summed E-state index contributed by atoms with van der Waals surface area (Å²) in [6, 6.07) is 4.89. The Bertz CT molecular complexity index is 521. The van der Waals surface area contributed by atoms with Crippen LogP contribution in [0, 0.1) is 5.41 Å². The van der Waals surface area contributed by atoms with Gasteiger partial charge in [-0.2, -0.15) is 13.2 Å². The van der Waals surface area contributed by atoms with Crippen LogP contribution in [0.2, 0.25) is 0 Å². The van der Waals surface area contributed by atoms with Gasteiger partial charge in [0.2, 0.25) is 0 Å². The molecular formula is C14H18ClF3N2O. The molecule has 1 saturated heterocycles. The van der Waals surface area contributed by atoms with Crippen LogP contribution >= 0.6 is 12.4 Å². The minimum absolute atomic E-state index is 0. The average molecular weight is 323 g/mol. The molecule has 1 amide bonds. The maximum absolute atomic E-state index is 12.9. The lowest BCUT2D eigenvalue weighted by atomic mass is 9.90. The number of amides is 1.